The largest absolute Gasteiger partial charge is 0.547 e. The zero-order chi connectivity index (χ0) is 14.0. The van der Waals surface area contributed by atoms with E-state index in [0.29, 0.717) is 12.2 Å². The van der Waals surface area contributed by atoms with Crippen molar-refractivity contribution in [3.8, 4) is 5.75 Å². The topological polar surface area (TPSA) is 84.9 Å². The number of carbonyl (C=O) groups is 2. The molecule has 0 aliphatic carbocycles. The van der Waals surface area contributed by atoms with Crippen molar-refractivity contribution in [3.63, 3.8) is 0 Å². The summed E-state index contributed by atoms with van der Waals surface area (Å²) in [6.45, 7) is 1.37. The van der Waals surface area contributed by atoms with Gasteiger partial charge in [-0.05, 0) is 18.1 Å². The number of amides is 1. The zero-order valence-electron chi connectivity index (χ0n) is 10.7. The van der Waals surface area contributed by atoms with Crippen LogP contribution in [0, 0.1) is 0 Å². The van der Waals surface area contributed by atoms with Crippen molar-refractivity contribution in [1.82, 2.24) is 5.32 Å². The highest BCUT2D eigenvalue weighted by Gasteiger charge is 2.37. The Morgan fingerprint density at radius 1 is 1.53 bits per heavy atom. The third-order valence-electron chi connectivity index (χ3n) is 2.91. The van der Waals surface area contributed by atoms with Crippen molar-refractivity contribution in [2.75, 3.05) is 7.11 Å². The monoisotopic (exact) mass is 263 g/mol. The van der Waals surface area contributed by atoms with Gasteiger partial charge in [0.1, 0.15) is 11.3 Å². The van der Waals surface area contributed by atoms with Crippen LogP contribution in [-0.4, -0.2) is 37.1 Å². The van der Waals surface area contributed by atoms with Gasteiger partial charge in [-0.3, -0.25) is 4.79 Å². The summed E-state index contributed by atoms with van der Waals surface area (Å²) < 4.78 is 10.00. The van der Waals surface area contributed by atoms with Crippen LogP contribution in [0.2, 0.25) is 0 Å². The van der Waals surface area contributed by atoms with E-state index < -0.39 is 19.0 Å². The summed E-state index contributed by atoms with van der Waals surface area (Å²) in [6.07, 6.45) is 0.390. The predicted octanol–water partition coefficient (Wildman–Crippen LogP) is -0.0675. The second kappa shape index (κ2) is 5.32. The number of hydrogen-bond acceptors (Lipinski definition) is 5. The van der Waals surface area contributed by atoms with E-state index in [-0.39, 0.29) is 11.5 Å². The fraction of sp³-hybridized carbons (Fsp3) is 0.333. The molecule has 0 unspecified atom stereocenters. The van der Waals surface area contributed by atoms with E-state index in [9.17, 15) is 14.6 Å². The molecule has 1 aliphatic rings. The van der Waals surface area contributed by atoms with Gasteiger partial charge >= 0.3 is 13.1 Å². The van der Waals surface area contributed by atoms with Gasteiger partial charge in [0.25, 0.3) is 0 Å². The molecular weight excluding hydrogens is 249 g/mol. The molecule has 19 heavy (non-hydrogen) atoms. The van der Waals surface area contributed by atoms with Crippen LogP contribution in [0.25, 0.3) is 0 Å². The van der Waals surface area contributed by atoms with Crippen molar-refractivity contribution in [3.05, 3.63) is 29.3 Å². The smallest absolute Gasteiger partial charge is 0.534 e. The van der Waals surface area contributed by atoms with E-state index in [2.05, 4.69) is 10.1 Å². The molecule has 0 radical (unpaired) electrons. The molecule has 0 spiro atoms. The zero-order valence-corrected chi connectivity index (χ0v) is 10.7. The lowest BCUT2D eigenvalue weighted by Crippen LogP contribution is -2.52. The number of nitrogens with one attached hydrogen (secondary N) is 1. The summed E-state index contributed by atoms with van der Waals surface area (Å²) in [4.78, 5) is 22.6. The van der Waals surface area contributed by atoms with Crippen molar-refractivity contribution in [2.45, 2.75) is 19.3 Å². The molecule has 1 aromatic carbocycles. The molecule has 0 saturated carbocycles. The first-order valence-electron chi connectivity index (χ1n) is 5.85. The summed E-state index contributed by atoms with van der Waals surface area (Å²) in [7, 11) is 0.0865. The Bertz CT molecular complexity index is 519. The Morgan fingerprint density at radius 3 is 2.89 bits per heavy atom. The van der Waals surface area contributed by atoms with Gasteiger partial charge in [-0.25, -0.2) is 4.79 Å². The molecule has 1 atom stereocenters. The number of methoxy groups -OCH3 is 1. The normalized spacial score (nSPS) is 17.2. The summed E-state index contributed by atoms with van der Waals surface area (Å²) >= 11 is 0. The van der Waals surface area contributed by atoms with Crippen LogP contribution < -0.4 is 9.97 Å². The molecule has 1 aliphatic heterocycles. The molecular formula is C12H14BNO5. The highest BCUT2D eigenvalue weighted by Crippen LogP contribution is 2.30. The Kier molecular flexibility index (Phi) is 3.75. The van der Waals surface area contributed by atoms with E-state index >= 15 is 0 Å². The fourth-order valence-corrected chi connectivity index (χ4v) is 2.08. The summed E-state index contributed by atoms with van der Waals surface area (Å²) in [5, 5.41) is 12.5. The quantitative estimate of drug-likeness (QED) is 0.576. The molecule has 2 rings (SSSR count). The molecule has 6 nitrogen and oxygen atoms in total. The molecule has 0 fully saturated rings. The Balaban J connectivity index is 2.32. The second-order valence-electron chi connectivity index (χ2n) is 4.30. The van der Waals surface area contributed by atoms with Gasteiger partial charge in [-0.1, -0.05) is 12.1 Å². The first-order chi connectivity index (χ1) is 9.02. The molecule has 1 amide bonds. The van der Waals surface area contributed by atoms with E-state index in [1.54, 1.807) is 18.2 Å². The number of rotatable bonds is 2. The lowest BCUT2D eigenvalue weighted by molar-refractivity contribution is -0.119. The van der Waals surface area contributed by atoms with Crippen molar-refractivity contribution >= 4 is 19.0 Å². The SMILES string of the molecule is COC(=O)c1cccc2c1OB(O)[C@@H](NC(C)=O)C2. The number of benzene rings is 1. The Morgan fingerprint density at radius 2 is 2.26 bits per heavy atom. The minimum Gasteiger partial charge on any atom is -0.534 e. The summed E-state index contributed by atoms with van der Waals surface area (Å²) in [5.74, 6) is -0.997. The van der Waals surface area contributed by atoms with Gasteiger partial charge in [0.15, 0.2) is 0 Å². The summed E-state index contributed by atoms with van der Waals surface area (Å²) in [6, 6.07) is 5.05. The number of hydrogen-bond donors (Lipinski definition) is 2. The maximum Gasteiger partial charge on any atom is 0.547 e. The Labute approximate surface area is 110 Å². The number of carbonyl (C=O) groups excluding carboxylic acids is 2. The second-order valence-corrected chi connectivity index (χ2v) is 4.30. The van der Waals surface area contributed by atoms with Crippen LogP contribution in [0.3, 0.4) is 0 Å². The van der Waals surface area contributed by atoms with Crippen LogP contribution >= 0.6 is 0 Å². The average molecular weight is 263 g/mol. The fourth-order valence-electron chi connectivity index (χ4n) is 2.08. The molecule has 2 N–H and O–H groups in total. The van der Waals surface area contributed by atoms with E-state index in [4.69, 9.17) is 4.65 Å². The number of para-hydroxylation sites is 1. The maximum absolute atomic E-state index is 11.6. The van der Waals surface area contributed by atoms with Gasteiger partial charge in [0.2, 0.25) is 5.91 Å². The third kappa shape index (κ3) is 2.71. The van der Waals surface area contributed by atoms with Crippen LogP contribution in [0.1, 0.15) is 22.8 Å². The van der Waals surface area contributed by atoms with Gasteiger partial charge in [0.05, 0.1) is 13.1 Å². The lowest BCUT2D eigenvalue weighted by atomic mass is 9.72. The first-order valence-corrected chi connectivity index (χ1v) is 5.85. The molecule has 1 aromatic rings. The molecule has 0 aromatic heterocycles. The minimum absolute atomic E-state index is 0.250. The van der Waals surface area contributed by atoms with Crippen molar-refractivity contribution in [1.29, 1.82) is 0 Å². The van der Waals surface area contributed by atoms with Crippen molar-refractivity contribution in [2.24, 2.45) is 0 Å². The van der Waals surface area contributed by atoms with Crippen LogP contribution in [0.4, 0.5) is 0 Å². The van der Waals surface area contributed by atoms with Crippen LogP contribution in [-0.2, 0) is 16.0 Å². The molecule has 0 bridgehead atoms. The predicted molar refractivity (Wildman–Crippen MR) is 67.7 cm³/mol. The van der Waals surface area contributed by atoms with Crippen LogP contribution in [0.15, 0.2) is 18.2 Å². The number of esters is 1. The molecule has 100 valence electrons. The third-order valence-corrected chi connectivity index (χ3v) is 2.91. The Hall–Kier alpha value is -2.02. The molecule has 0 saturated heterocycles. The van der Waals surface area contributed by atoms with Crippen LogP contribution in [0.5, 0.6) is 5.75 Å². The first kappa shape index (κ1) is 13.4. The number of ether oxygens (including phenoxy) is 1. The summed E-state index contributed by atoms with van der Waals surface area (Å²) in [5.41, 5.74) is 1.01. The van der Waals surface area contributed by atoms with Crippen molar-refractivity contribution < 1.29 is 24.0 Å². The highest BCUT2D eigenvalue weighted by molar-refractivity contribution is 6.47. The lowest BCUT2D eigenvalue weighted by Gasteiger charge is -2.28. The van der Waals surface area contributed by atoms with Gasteiger partial charge in [0, 0.05) is 6.92 Å². The van der Waals surface area contributed by atoms with E-state index in [1.165, 1.54) is 14.0 Å². The number of fused-ring (bicyclic) bond motifs is 1. The average Bonchev–Trinajstić information content (AvgIpc) is 2.37. The highest BCUT2D eigenvalue weighted by atomic mass is 16.5. The van der Waals surface area contributed by atoms with Gasteiger partial charge < -0.3 is 19.7 Å². The van der Waals surface area contributed by atoms with E-state index in [0.717, 1.165) is 5.56 Å². The molecule has 7 heteroatoms. The maximum atomic E-state index is 11.6. The van der Waals surface area contributed by atoms with E-state index in [1.807, 2.05) is 0 Å². The molecule has 1 heterocycles. The van der Waals surface area contributed by atoms with Gasteiger partial charge in [-0.2, -0.15) is 0 Å². The minimum atomic E-state index is -1.19. The van der Waals surface area contributed by atoms with Gasteiger partial charge in [-0.15, -0.1) is 0 Å². The standard InChI is InChI=1S/C12H14BNO5/c1-7(15)14-10-6-8-4-3-5-9(12(16)18-2)11(8)19-13(10)17/h3-5,10,17H,6H2,1-2H3,(H,14,15)/t10-/m0/s1.